The molecule has 2 atom stereocenters. The van der Waals surface area contributed by atoms with Crippen LogP contribution in [0.3, 0.4) is 0 Å². The van der Waals surface area contributed by atoms with Crippen molar-refractivity contribution >= 4 is 24.8 Å². The maximum atomic E-state index is 5.65. The first-order valence-electron chi connectivity index (χ1n) is 3.32. The standard InChI is InChI=1S/C6H14N2.2ClH/c7-5-3-1-2-4-6(5)8;;/h5-6H,1-4,7-8H2;2*1H. The molecule has 0 aliphatic heterocycles. The summed E-state index contributed by atoms with van der Waals surface area (Å²) in [7, 11) is 0. The molecule has 0 spiro atoms. The van der Waals surface area contributed by atoms with Crippen LogP contribution in [-0.4, -0.2) is 12.1 Å². The van der Waals surface area contributed by atoms with E-state index in [4.69, 9.17) is 11.5 Å². The van der Waals surface area contributed by atoms with Gasteiger partial charge in [0.2, 0.25) is 0 Å². The minimum absolute atomic E-state index is 0. The van der Waals surface area contributed by atoms with Crippen LogP contribution >= 0.6 is 24.8 Å². The highest BCUT2D eigenvalue weighted by molar-refractivity contribution is 5.85. The van der Waals surface area contributed by atoms with Gasteiger partial charge in [-0.25, -0.2) is 0 Å². The largest absolute Gasteiger partial charge is 0.326 e. The quantitative estimate of drug-likeness (QED) is 0.595. The second kappa shape index (κ2) is 6.23. The van der Waals surface area contributed by atoms with Crippen molar-refractivity contribution < 1.29 is 0 Å². The van der Waals surface area contributed by atoms with Gasteiger partial charge in [-0.3, -0.25) is 0 Å². The van der Waals surface area contributed by atoms with Crippen molar-refractivity contribution in [1.82, 2.24) is 0 Å². The highest BCUT2D eigenvalue weighted by Gasteiger charge is 2.16. The van der Waals surface area contributed by atoms with Crippen molar-refractivity contribution in [2.24, 2.45) is 11.5 Å². The normalized spacial score (nSPS) is 31.8. The Hall–Kier alpha value is 0.500. The monoisotopic (exact) mass is 186 g/mol. The Labute approximate surface area is 74.5 Å². The van der Waals surface area contributed by atoms with Gasteiger partial charge < -0.3 is 11.5 Å². The van der Waals surface area contributed by atoms with Gasteiger partial charge in [-0.2, -0.15) is 0 Å². The lowest BCUT2D eigenvalue weighted by Crippen LogP contribution is -2.43. The molecule has 1 saturated carbocycles. The molecular formula is C6H16Cl2N2. The van der Waals surface area contributed by atoms with Gasteiger partial charge in [0, 0.05) is 12.1 Å². The Balaban J connectivity index is 0. The minimum atomic E-state index is 0. The Morgan fingerprint density at radius 3 is 1.30 bits per heavy atom. The molecule has 0 aromatic heterocycles. The van der Waals surface area contributed by atoms with Gasteiger partial charge in [-0.15, -0.1) is 24.8 Å². The van der Waals surface area contributed by atoms with Crippen LogP contribution < -0.4 is 11.5 Å². The van der Waals surface area contributed by atoms with E-state index < -0.39 is 0 Å². The van der Waals surface area contributed by atoms with E-state index in [1.807, 2.05) is 0 Å². The van der Waals surface area contributed by atoms with E-state index in [2.05, 4.69) is 0 Å². The summed E-state index contributed by atoms with van der Waals surface area (Å²) >= 11 is 0. The molecule has 0 saturated heterocycles. The Bertz CT molecular complexity index is 70.1. The van der Waals surface area contributed by atoms with Gasteiger partial charge in [-0.05, 0) is 12.8 Å². The van der Waals surface area contributed by atoms with Crippen LogP contribution in [0.4, 0.5) is 0 Å². The van der Waals surface area contributed by atoms with Gasteiger partial charge in [0.15, 0.2) is 0 Å². The fourth-order valence-corrected chi connectivity index (χ4v) is 1.19. The number of halogens is 2. The molecular weight excluding hydrogens is 171 g/mol. The first-order chi connectivity index (χ1) is 3.80. The molecule has 0 amide bonds. The van der Waals surface area contributed by atoms with Crippen LogP contribution in [0.2, 0.25) is 0 Å². The van der Waals surface area contributed by atoms with Crippen molar-refractivity contribution in [3.63, 3.8) is 0 Å². The minimum Gasteiger partial charge on any atom is -0.326 e. The lowest BCUT2D eigenvalue weighted by atomic mass is 9.92. The van der Waals surface area contributed by atoms with Gasteiger partial charge in [0.25, 0.3) is 0 Å². The Kier molecular flexibility index (Phi) is 8.17. The van der Waals surface area contributed by atoms with Crippen molar-refractivity contribution in [3.05, 3.63) is 0 Å². The van der Waals surface area contributed by atoms with E-state index in [9.17, 15) is 0 Å². The number of hydrogen-bond acceptors (Lipinski definition) is 2. The maximum Gasteiger partial charge on any atom is 0.0192 e. The van der Waals surface area contributed by atoms with Crippen LogP contribution in [0.1, 0.15) is 25.7 Å². The number of rotatable bonds is 0. The van der Waals surface area contributed by atoms with Crippen molar-refractivity contribution in [3.8, 4) is 0 Å². The molecule has 4 heteroatoms. The molecule has 2 unspecified atom stereocenters. The van der Waals surface area contributed by atoms with E-state index >= 15 is 0 Å². The van der Waals surface area contributed by atoms with Gasteiger partial charge in [0.1, 0.15) is 0 Å². The molecule has 0 heterocycles. The molecule has 1 rings (SSSR count). The lowest BCUT2D eigenvalue weighted by Gasteiger charge is -2.24. The van der Waals surface area contributed by atoms with Crippen LogP contribution in [0.15, 0.2) is 0 Å². The SMILES string of the molecule is Cl.Cl.NC1CCCCC1N. The summed E-state index contributed by atoms with van der Waals surface area (Å²) in [4.78, 5) is 0. The third-order valence-electron chi connectivity index (χ3n) is 1.87. The van der Waals surface area contributed by atoms with Gasteiger partial charge in [-0.1, -0.05) is 12.8 Å². The highest BCUT2D eigenvalue weighted by Crippen LogP contribution is 2.14. The molecule has 1 aliphatic carbocycles. The van der Waals surface area contributed by atoms with E-state index in [0.29, 0.717) is 0 Å². The predicted octanol–water partition coefficient (Wildman–Crippen LogP) is 1.06. The highest BCUT2D eigenvalue weighted by atomic mass is 35.5. The summed E-state index contributed by atoms with van der Waals surface area (Å²) in [6.07, 6.45) is 4.80. The molecule has 0 aromatic rings. The maximum absolute atomic E-state index is 5.65. The number of hydrogen-bond donors (Lipinski definition) is 2. The first kappa shape index (κ1) is 13.1. The van der Waals surface area contributed by atoms with E-state index in [1.165, 1.54) is 12.8 Å². The lowest BCUT2D eigenvalue weighted by molar-refractivity contribution is 0.385. The van der Waals surface area contributed by atoms with Gasteiger partial charge >= 0.3 is 0 Å². The molecule has 64 valence electrons. The molecule has 1 aliphatic rings. The first-order valence-corrected chi connectivity index (χ1v) is 3.32. The topological polar surface area (TPSA) is 52.0 Å². The van der Waals surface area contributed by atoms with Crippen LogP contribution in [0, 0.1) is 0 Å². The number of nitrogens with two attached hydrogens (primary N) is 2. The molecule has 1 fully saturated rings. The third kappa shape index (κ3) is 3.62. The Morgan fingerprint density at radius 1 is 0.800 bits per heavy atom. The molecule has 0 bridgehead atoms. The fraction of sp³-hybridized carbons (Fsp3) is 1.00. The van der Waals surface area contributed by atoms with Crippen LogP contribution in [0.5, 0.6) is 0 Å². The second-order valence-corrected chi connectivity index (χ2v) is 2.61. The molecule has 4 N–H and O–H groups in total. The zero-order chi connectivity index (χ0) is 5.98. The Morgan fingerprint density at radius 2 is 1.10 bits per heavy atom. The zero-order valence-corrected chi connectivity index (χ0v) is 7.59. The summed E-state index contributed by atoms with van der Waals surface area (Å²) in [5.74, 6) is 0. The van der Waals surface area contributed by atoms with E-state index in [-0.39, 0.29) is 36.9 Å². The summed E-state index contributed by atoms with van der Waals surface area (Å²) in [6, 6.07) is 0.562. The average molecular weight is 187 g/mol. The predicted molar refractivity (Wildman–Crippen MR) is 48.9 cm³/mol. The third-order valence-corrected chi connectivity index (χ3v) is 1.87. The molecule has 2 nitrogen and oxygen atoms in total. The van der Waals surface area contributed by atoms with Crippen molar-refractivity contribution in [1.29, 1.82) is 0 Å². The van der Waals surface area contributed by atoms with E-state index in [0.717, 1.165) is 12.8 Å². The van der Waals surface area contributed by atoms with E-state index in [1.54, 1.807) is 0 Å². The zero-order valence-electron chi connectivity index (χ0n) is 5.95. The molecule has 0 aromatic carbocycles. The van der Waals surface area contributed by atoms with Crippen molar-refractivity contribution in [2.45, 2.75) is 37.8 Å². The van der Waals surface area contributed by atoms with Gasteiger partial charge in [0.05, 0.1) is 0 Å². The van der Waals surface area contributed by atoms with Crippen LogP contribution in [0.25, 0.3) is 0 Å². The summed E-state index contributed by atoms with van der Waals surface area (Å²) in [5.41, 5.74) is 11.3. The summed E-state index contributed by atoms with van der Waals surface area (Å²) in [6.45, 7) is 0. The second-order valence-electron chi connectivity index (χ2n) is 2.61. The fourth-order valence-electron chi connectivity index (χ4n) is 1.19. The average Bonchev–Trinajstić information content (AvgIpc) is 1.77. The summed E-state index contributed by atoms with van der Waals surface area (Å²) < 4.78 is 0. The van der Waals surface area contributed by atoms with Crippen LogP contribution in [-0.2, 0) is 0 Å². The smallest absolute Gasteiger partial charge is 0.0192 e. The van der Waals surface area contributed by atoms with Crippen molar-refractivity contribution in [2.75, 3.05) is 0 Å². The molecule has 10 heavy (non-hydrogen) atoms. The molecule has 0 radical (unpaired) electrons. The summed E-state index contributed by atoms with van der Waals surface area (Å²) in [5, 5.41) is 0.